The van der Waals surface area contributed by atoms with Gasteiger partial charge in [0, 0.05) is 45.0 Å². The third kappa shape index (κ3) is 5.76. The third-order valence-corrected chi connectivity index (χ3v) is 6.18. The Morgan fingerprint density at radius 1 is 0.971 bits per heavy atom. The summed E-state index contributed by atoms with van der Waals surface area (Å²) in [6.07, 6.45) is 0. The Morgan fingerprint density at radius 2 is 1.62 bits per heavy atom. The Kier molecular flexibility index (Phi) is 7.82. The van der Waals surface area contributed by atoms with Crippen molar-refractivity contribution in [3.63, 3.8) is 0 Å². The van der Waals surface area contributed by atoms with Crippen molar-refractivity contribution >= 4 is 12.0 Å². The summed E-state index contributed by atoms with van der Waals surface area (Å²) < 4.78 is 10.6. The number of hydrogen-bond donors (Lipinski definition) is 2. The smallest absolute Gasteiger partial charge is 0.338 e. The number of esters is 1. The van der Waals surface area contributed by atoms with Crippen LogP contribution >= 0.6 is 0 Å². The molecule has 0 bridgehead atoms. The zero-order chi connectivity index (χ0) is 23.9. The van der Waals surface area contributed by atoms with Gasteiger partial charge in [0.05, 0.1) is 25.3 Å². The number of benzene rings is 2. The highest BCUT2D eigenvalue weighted by molar-refractivity contribution is 5.95. The monoisotopic (exact) mass is 464 g/mol. The summed E-state index contributed by atoms with van der Waals surface area (Å²) in [5, 5.41) is 5.73. The lowest BCUT2D eigenvalue weighted by molar-refractivity contribution is -0.136. The van der Waals surface area contributed by atoms with Crippen LogP contribution < -0.4 is 15.4 Å². The standard InChI is InChI=1S/C26H32N4O4/c1-3-34-21-11-9-20(10-12-21)24-23(25(31)33-2)22(27-26(32)28-24)18-30-15-13-29(14-16-30)17-19-7-5-4-6-8-19/h4-12,24H,3,13-18H2,1-2H3,(H2,27,28,32)/t24-/m0/s1. The molecule has 2 aliphatic rings. The summed E-state index contributed by atoms with van der Waals surface area (Å²) in [6, 6.07) is 16.9. The van der Waals surface area contributed by atoms with Crippen LogP contribution in [0.2, 0.25) is 0 Å². The van der Waals surface area contributed by atoms with Gasteiger partial charge in [-0.15, -0.1) is 0 Å². The molecule has 1 fully saturated rings. The lowest BCUT2D eigenvalue weighted by Crippen LogP contribution is -2.51. The molecule has 2 aromatic rings. The molecule has 1 atom stereocenters. The predicted octanol–water partition coefficient (Wildman–Crippen LogP) is 2.68. The van der Waals surface area contributed by atoms with Crippen LogP contribution in [-0.2, 0) is 16.1 Å². The van der Waals surface area contributed by atoms with Crippen molar-refractivity contribution in [1.29, 1.82) is 0 Å². The molecule has 34 heavy (non-hydrogen) atoms. The molecule has 0 aromatic heterocycles. The molecule has 0 aliphatic carbocycles. The number of amides is 2. The molecule has 2 N–H and O–H groups in total. The normalized spacial score (nSPS) is 19.4. The Labute approximate surface area is 200 Å². The number of carbonyl (C=O) groups is 2. The Balaban J connectivity index is 1.49. The van der Waals surface area contributed by atoms with E-state index in [9.17, 15) is 9.59 Å². The quantitative estimate of drug-likeness (QED) is 0.585. The van der Waals surface area contributed by atoms with Crippen molar-refractivity contribution in [2.45, 2.75) is 19.5 Å². The number of methoxy groups -OCH3 is 1. The topological polar surface area (TPSA) is 83.1 Å². The second-order valence-electron chi connectivity index (χ2n) is 8.46. The Hall–Kier alpha value is -3.36. The number of nitrogens with zero attached hydrogens (tertiary/aromatic N) is 2. The van der Waals surface area contributed by atoms with Gasteiger partial charge >= 0.3 is 12.0 Å². The summed E-state index contributed by atoms with van der Waals surface area (Å²) in [4.78, 5) is 30.0. The minimum atomic E-state index is -0.591. The van der Waals surface area contributed by atoms with Crippen LogP contribution in [0.3, 0.4) is 0 Å². The van der Waals surface area contributed by atoms with Gasteiger partial charge in [0.15, 0.2) is 0 Å². The highest BCUT2D eigenvalue weighted by Gasteiger charge is 2.34. The van der Waals surface area contributed by atoms with Crippen molar-refractivity contribution in [2.75, 3.05) is 46.4 Å². The van der Waals surface area contributed by atoms with Gasteiger partial charge in [0.25, 0.3) is 0 Å². The van der Waals surface area contributed by atoms with E-state index in [1.54, 1.807) is 0 Å². The Bertz CT molecular complexity index is 1010. The van der Waals surface area contributed by atoms with Crippen LogP contribution in [0.5, 0.6) is 5.75 Å². The van der Waals surface area contributed by atoms with Gasteiger partial charge in [-0.25, -0.2) is 9.59 Å². The molecule has 2 aliphatic heterocycles. The maximum absolute atomic E-state index is 12.8. The second kappa shape index (κ2) is 11.2. The van der Waals surface area contributed by atoms with Crippen molar-refractivity contribution in [3.8, 4) is 5.75 Å². The molecule has 0 radical (unpaired) electrons. The maximum Gasteiger partial charge on any atom is 0.338 e. The van der Waals surface area contributed by atoms with Crippen LogP contribution in [0.25, 0.3) is 0 Å². The fraction of sp³-hybridized carbons (Fsp3) is 0.385. The maximum atomic E-state index is 12.8. The van der Waals surface area contributed by atoms with E-state index >= 15 is 0 Å². The second-order valence-corrected chi connectivity index (χ2v) is 8.46. The molecular weight excluding hydrogens is 432 g/mol. The fourth-order valence-electron chi connectivity index (χ4n) is 4.44. The van der Waals surface area contributed by atoms with Crippen LogP contribution in [0.4, 0.5) is 4.79 Å². The van der Waals surface area contributed by atoms with E-state index in [4.69, 9.17) is 9.47 Å². The van der Waals surface area contributed by atoms with Gasteiger partial charge in [0.2, 0.25) is 0 Å². The van der Waals surface area contributed by atoms with Crippen molar-refractivity contribution in [2.24, 2.45) is 0 Å². The SMILES string of the molecule is CCOc1ccc([C@@H]2NC(=O)NC(CN3CCN(Cc4ccccc4)CC3)=C2C(=O)OC)cc1. The van der Waals surface area contributed by atoms with Gasteiger partial charge in [-0.3, -0.25) is 9.80 Å². The molecule has 2 heterocycles. The average molecular weight is 465 g/mol. The first-order valence-electron chi connectivity index (χ1n) is 11.7. The lowest BCUT2D eigenvalue weighted by Gasteiger charge is -2.37. The van der Waals surface area contributed by atoms with E-state index in [0.717, 1.165) is 44.0 Å². The van der Waals surface area contributed by atoms with Crippen molar-refractivity contribution < 1.29 is 19.1 Å². The van der Waals surface area contributed by atoms with Crippen LogP contribution in [0.1, 0.15) is 24.1 Å². The summed E-state index contributed by atoms with van der Waals surface area (Å²) in [6.45, 7) is 7.43. The molecular formula is C26H32N4O4. The minimum absolute atomic E-state index is 0.329. The fourth-order valence-corrected chi connectivity index (χ4v) is 4.44. The van der Waals surface area contributed by atoms with Gasteiger partial charge in [-0.2, -0.15) is 0 Å². The highest BCUT2D eigenvalue weighted by Crippen LogP contribution is 2.29. The molecule has 8 nitrogen and oxygen atoms in total. The number of hydrogen-bond acceptors (Lipinski definition) is 6. The van der Waals surface area contributed by atoms with E-state index in [1.165, 1.54) is 12.7 Å². The molecule has 4 rings (SSSR count). The summed E-state index contributed by atoms with van der Waals surface area (Å²) in [7, 11) is 1.36. The largest absolute Gasteiger partial charge is 0.494 e. The lowest BCUT2D eigenvalue weighted by atomic mass is 9.95. The van der Waals surface area contributed by atoms with Gasteiger partial charge < -0.3 is 20.1 Å². The zero-order valence-corrected chi connectivity index (χ0v) is 19.8. The first-order valence-corrected chi connectivity index (χ1v) is 11.7. The van der Waals surface area contributed by atoms with Crippen LogP contribution in [0, 0.1) is 0 Å². The highest BCUT2D eigenvalue weighted by atomic mass is 16.5. The first kappa shape index (κ1) is 23.8. The van der Waals surface area contributed by atoms with Crippen LogP contribution in [-0.4, -0.2) is 68.2 Å². The van der Waals surface area contributed by atoms with Crippen molar-refractivity contribution in [1.82, 2.24) is 20.4 Å². The molecule has 0 unspecified atom stereocenters. The van der Waals surface area contributed by atoms with Gasteiger partial charge in [-0.05, 0) is 30.2 Å². The number of nitrogens with one attached hydrogen (secondary N) is 2. The first-order chi connectivity index (χ1) is 16.6. The van der Waals surface area contributed by atoms with Gasteiger partial charge in [-0.1, -0.05) is 42.5 Å². The van der Waals surface area contributed by atoms with E-state index < -0.39 is 12.0 Å². The van der Waals surface area contributed by atoms with E-state index in [2.05, 4.69) is 44.7 Å². The van der Waals surface area contributed by atoms with E-state index in [0.29, 0.717) is 24.4 Å². The van der Waals surface area contributed by atoms with Gasteiger partial charge in [0.1, 0.15) is 5.75 Å². The number of rotatable bonds is 8. The summed E-state index contributed by atoms with van der Waals surface area (Å²) in [5.41, 5.74) is 3.11. The molecule has 0 spiro atoms. The molecule has 0 saturated carbocycles. The van der Waals surface area contributed by atoms with E-state index in [-0.39, 0.29) is 6.03 Å². The number of carbonyl (C=O) groups excluding carboxylic acids is 2. The molecule has 2 amide bonds. The molecule has 8 heteroatoms. The number of urea groups is 1. The minimum Gasteiger partial charge on any atom is -0.494 e. The Morgan fingerprint density at radius 3 is 2.24 bits per heavy atom. The predicted molar refractivity (Wildman–Crippen MR) is 129 cm³/mol. The molecule has 180 valence electrons. The molecule has 1 saturated heterocycles. The van der Waals surface area contributed by atoms with Crippen molar-refractivity contribution in [3.05, 3.63) is 77.0 Å². The number of piperazine rings is 1. The zero-order valence-electron chi connectivity index (χ0n) is 19.8. The average Bonchev–Trinajstić information content (AvgIpc) is 2.86. The van der Waals surface area contributed by atoms with Crippen LogP contribution in [0.15, 0.2) is 65.9 Å². The third-order valence-electron chi connectivity index (χ3n) is 6.18. The van der Waals surface area contributed by atoms with E-state index in [1.807, 2.05) is 37.3 Å². The summed E-state index contributed by atoms with van der Waals surface area (Å²) >= 11 is 0. The molecule has 2 aromatic carbocycles. The number of ether oxygens (including phenoxy) is 2. The summed E-state index contributed by atoms with van der Waals surface area (Å²) in [5.74, 6) is 0.285.